The van der Waals surface area contributed by atoms with Gasteiger partial charge in [0.1, 0.15) is 11.5 Å². The minimum atomic E-state index is -0.473. The van der Waals surface area contributed by atoms with E-state index in [0.29, 0.717) is 11.5 Å². The summed E-state index contributed by atoms with van der Waals surface area (Å²) in [5.74, 6) is 0.203. The fraction of sp³-hybridized carbons (Fsp3) is 0.263. The molecule has 132 valence electrons. The van der Waals surface area contributed by atoms with E-state index in [4.69, 9.17) is 9.15 Å². The van der Waals surface area contributed by atoms with Crippen LogP contribution in [0.3, 0.4) is 0 Å². The second kappa shape index (κ2) is 8.19. The first-order valence-electron chi connectivity index (χ1n) is 7.88. The minimum Gasteiger partial charge on any atom is -0.484 e. The Kier molecular flexibility index (Phi) is 6.00. The Morgan fingerprint density at radius 2 is 1.84 bits per heavy atom. The van der Waals surface area contributed by atoms with E-state index in [1.807, 2.05) is 24.3 Å². The number of carbonyl (C=O) groups is 2. The Balaban J connectivity index is 1.72. The van der Waals surface area contributed by atoms with Crippen LogP contribution in [0.4, 0.5) is 0 Å². The molecular weight excluding hydrogens is 320 g/mol. The summed E-state index contributed by atoms with van der Waals surface area (Å²) in [6, 6.07) is 11.0. The maximum absolute atomic E-state index is 11.7. The molecule has 2 amide bonds. The fourth-order valence-electron chi connectivity index (χ4n) is 1.95. The predicted molar refractivity (Wildman–Crippen MR) is 94.7 cm³/mol. The van der Waals surface area contributed by atoms with E-state index >= 15 is 0 Å². The largest absolute Gasteiger partial charge is 0.484 e. The van der Waals surface area contributed by atoms with Gasteiger partial charge in [-0.15, -0.1) is 0 Å². The molecule has 0 saturated heterocycles. The van der Waals surface area contributed by atoms with Crippen LogP contribution in [0.15, 0.2) is 53.2 Å². The van der Waals surface area contributed by atoms with Gasteiger partial charge in [-0.05, 0) is 41.3 Å². The Bertz CT molecular complexity index is 726. The van der Waals surface area contributed by atoms with Crippen molar-refractivity contribution < 1.29 is 18.7 Å². The van der Waals surface area contributed by atoms with Crippen molar-refractivity contribution in [1.82, 2.24) is 10.9 Å². The molecule has 1 aromatic heterocycles. The minimum absolute atomic E-state index is 0.0589. The summed E-state index contributed by atoms with van der Waals surface area (Å²) in [6.07, 6.45) is 4.25. The Morgan fingerprint density at radius 1 is 1.12 bits per heavy atom. The fourth-order valence-corrected chi connectivity index (χ4v) is 1.95. The first kappa shape index (κ1) is 18.3. The zero-order valence-corrected chi connectivity index (χ0v) is 14.5. The molecular formula is C19H22N2O4. The van der Waals surface area contributed by atoms with E-state index in [1.54, 1.807) is 12.1 Å². The molecule has 0 spiro atoms. The number of carbonyl (C=O) groups excluding carboxylic acids is 2. The maximum atomic E-state index is 11.7. The third kappa shape index (κ3) is 6.18. The summed E-state index contributed by atoms with van der Waals surface area (Å²) in [4.78, 5) is 23.2. The lowest BCUT2D eigenvalue weighted by atomic mass is 9.87. The number of ether oxygens (including phenoxy) is 1. The number of furan rings is 1. The SMILES string of the molecule is CC(C)(C)c1ccc(OCC(=O)NNC(=O)/C=C/c2ccco2)cc1. The van der Waals surface area contributed by atoms with Gasteiger partial charge in [-0.3, -0.25) is 20.4 Å². The zero-order valence-electron chi connectivity index (χ0n) is 14.5. The van der Waals surface area contributed by atoms with Crippen molar-refractivity contribution in [1.29, 1.82) is 0 Å². The summed E-state index contributed by atoms with van der Waals surface area (Å²) in [5.41, 5.74) is 5.78. The molecule has 2 rings (SSSR count). The van der Waals surface area contributed by atoms with Gasteiger partial charge in [0.05, 0.1) is 6.26 Å². The van der Waals surface area contributed by atoms with E-state index in [1.165, 1.54) is 24.0 Å². The lowest BCUT2D eigenvalue weighted by Crippen LogP contribution is -2.43. The third-order valence-corrected chi connectivity index (χ3v) is 3.36. The zero-order chi connectivity index (χ0) is 18.3. The first-order valence-corrected chi connectivity index (χ1v) is 7.88. The van der Waals surface area contributed by atoms with Crippen LogP contribution < -0.4 is 15.6 Å². The topological polar surface area (TPSA) is 80.6 Å². The predicted octanol–water partition coefficient (Wildman–Crippen LogP) is 2.82. The number of amides is 2. The van der Waals surface area contributed by atoms with Gasteiger partial charge >= 0.3 is 0 Å². The summed E-state index contributed by atoms with van der Waals surface area (Å²) in [5, 5.41) is 0. The number of benzene rings is 1. The molecule has 0 aliphatic rings. The maximum Gasteiger partial charge on any atom is 0.276 e. The van der Waals surface area contributed by atoms with E-state index in [9.17, 15) is 9.59 Å². The highest BCUT2D eigenvalue weighted by atomic mass is 16.5. The van der Waals surface area contributed by atoms with Gasteiger partial charge in [0, 0.05) is 6.08 Å². The van der Waals surface area contributed by atoms with E-state index in [0.717, 1.165) is 0 Å². The van der Waals surface area contributed by atoms with Crippen LogP contribution in [0.2, 0.25) is 0 Å². The number of hydrogen-bond donors (Lipinski definition) is 2. The van der Waals surface area contributed by atoms with Crippen molar-refractivity contribution in [2.75, 3.05) is 6.61 Å². The molecule has 6 nitrogen and oxygen atoms in total. The van der Waals surface area contributed by atoms with Gasteiger partial charge in [-0.2, -0.15) is 0 Å². The summed E-state index contributed by atoms with van der Waals surface area (Å²) < 4.78 is 10.4. The highest BCUT2D eigenvalue weighted by Crippen LogP contribution is 2.24. The lowest BCUT2D eigenvalue weighted by Gasteiger charge is -2.19. The van der Waals surface area contributed by atoms with Crippen LogP contribution in [0.25, 0.3) is 6.08 Å². The van der Waals surface area contributed by atoms with Gasteiger partial charge in [0.15, 0.2) is 6.61 Å². The molecule has 0 aliphatic carbocycles. The summed E-state index contributed by atoms with van der Waals surface area (Å²) in [6.45, 7) is 6.18. The van der Waals surface area contributed by atoms with Crippen LogP contribution in [0.1, 0.15) is 32.1 Å². The van der Waals surface area contributed by atoms with Crippen LogP contribution >= 0.6 is 0 Å². The van der Waals surface area contributed by atoms with Crippen LogP contribution in [0.5, 0.6) is 5.75 Å². The molecule has 6 heteroatoms. The molecule has 2 aromatic rings. The van der Waals surface area contributed by atoms with Crippen LogP contribution in [-0.2, 0) is 15.0 Å². The molecule has 1 aromatic carbocycles. The van der Waals surface area contributed by atoms with Gasteiger partial charge in [0.25, 0.3) is 11.8 Å². The Labute approximate surface area is 146 Å². The van der Waals surface area contributed by atoms with E-state index in [2.05, 4.69) is 31.6 Å². The molecule has 0 radical (unpaired) electrons. The first-order chi connectivity index (χ1) is 11.8. The molecule has 0 atom stereocenters. The van der Waals surface area contributed by atoms with Gasteiger partial charge in [0.2, 0.25) is 0 Å². The lowest BCUT2D eigenvalue weighted by molar-refractivity contribution is -0.128. The van der Waals surface area contributed by atoms with Gasteiger partial charge < -0.3 is 9.15 Å². The second-order valence-electron chi connectivity index (χ2n) is 6.45. The van der Waals surface area contributed by atoms with Crippen molar-refractivity contribution in [3.63, 3.8) is 0 Å². The highest BCUT2D eigenvalue weighted by Gasteiger charge is 2.13. The Hall–Kier alpha value is -3.02. The van der Waals surface area contributed by atoms with Crippen molar-refractivity contribution in [3.8, 4) is 5.75 Å². The van der Waals surface area contributed by atoms with Gasteiger partial charge in [-0.25, -0.2) is 0 Å². The van der Waals surface area contributed by atoms with Crippen LogP contribution in [-0.4, -0.2) is 18.4 Å². The second-order valence-corrected chi connectivity index (χ2v) is 6.45. The smallest absolute Gasteiger partial charge is 0.276 e. The molecule has 25 heavy (non-hydrogen) atoms. The summed E-state index contributed by atoms with van der Waals surface area (Å²) in [7, 11) is 0. The monoisotopic (exact) mass is 342 g/mol. The van der Waals surface area contributed by atoms with E-state index < -0.39 is 11.8 Å². The van der Waals surface area contributed by atoms with Gasteiger partial charge in [-0.1, -0.05) is 32.9 Å². The van der Waals surface area contributed by atoms with Crippen molar-refractivity contribution in [2.24, 2.45) is 0 Å². The number of nitrogens with one attached hydrogen (secondary N) is 2. The highest BCUT2D eigenvalue weighted by molar-refractivity contribution is 5.92. The van der Waals surface area contributed by atoms with E-state index in [-0.39, 0.29) is 12.0 Å². The standard InChI is InChI=1S/C19H22N2O4/c1-19(2,3)14-6-8-16(9-7-14)25-13-18(23)21-20-17(22)11-10-15-5-4-12-24-15/h4-12H,13H2,1-3H3,(H,20,22)(H,21,23)/b11-10+. The van der Waals surface area contributed by atoms with Crippen molar-refractivity contribution >= 4 is 17.9 Å². The summed E-state index contributed by atoms with van der Waals surface area (Å²) >= 11 is 0. The van der Waals surface area contributed by atoms with Crippen molar-refractivity contribution in [3.05, 3.63) is 60.1 Å². The molecule has 0 bridgehead atoms. The molecule has 0 aliphatic heterocycles. The molecule has 0 unspecified atom stereocenters. The number of hydrazine groups is 1. The average molecular weight is 342 g/mol. The quantitative estimate of drug-likeness (QED) is 0.647. The van der Waals surface area contributed by atoms with Crippen molar-refractivity contribution in [2.45, 2.75) is 26.2 Å². The van der Waals surface area contributed by atoms with Crippen LogP contribution in [0, 0.1) is 0 Å². The molecule has 2 N–H and O–H groups in total. The normalized spacial score (nSPS) is 11.3. The third-order valence-electron chi connectivity index (χ3n) is 3.36. The molecule has 0 fully saturated rings. The molecule has 1 heterocycles. The number of rotatable bonds is 5. The molecule has 0 saturated carbocycles. The number of hydrogen-bond acceptors (Lipinski definition) is 4. The average Bonchev–Trinajstić information content (AvgIpc) is 3.09. The Morgan fingerprint density at radius 3 is 2.44 bits per heavy atom.